The molecule has 7 nitrogen and oxygen atoms in total. The van der Waals surface area contributed by atoms with Crippen molar-refractivity contribution in [3.05, 3.63) is 34.3 Å². The maximum atomic E-state index is 12.3. The summed E-state index contributed by atoms with van der Waals surface area (Å²) >= 11 is 3.41. The Morgan fingerprint density at radius 2 is 1.97 bits per heavy atom. The first-order valence-electron chi connectivity index (χ1n) is 10.1. The number of urea groups is 1. The van der Waals surface area contributed by atoms with E-state index < -0.39 is 12.0 Å². The summed E-state index contributed by atoms with van der Waals surface area (Å²) < 4.78 is 5.61. The summed E-state index contributed by atoms with van der Waals surface area (Å²) in [5.74, 6) is -0.565. The third kappa shape index (κ3) is 8.85. The number of carbonyl (C=O) groups excluding carboxylic acids is 3. The Kier molecular flexibility index (Phi) is 9.97. The minimum Gasteiger partial charge on any atom is -0.469 e. The lowest BCUT2D eigenvalue weighted by molar-refractivity contribution is -0.141. The first kappa shape index (κ1) is 23.2. The maximum Gasteiger partial charge on any atom is 0.315 e. The standard InChI is InChI=1S/C21H30BrN3O4/c1-29-20(27)14-18(15-7-5-8-16(22)13-15)25-19(26)11-6-12-23-21(28)24-17-9-3-2-4-10-17/h5,7-8,13,17-18H,2-4,6,9-12,14H2,1H3,(H,25,26)(H2,23,24,28). The number of benzene rings is 1. The van der Waals surface area contributed by atoms with Crippen LogP contribution in [0.3, 0.4) is 0 Å². The Bertz CT molecular complexity index is 692. The van der Waals surface area contributed by atoms with Crippen molar-refractivity contribution in [1.29, 1.82) is 0 Å². The molecule has 2 rings (SSSR count). The molecular weight excluding hydrogens is 438 g/mol. The predicted molar refractivity (Wildman–Crippen MR) is 114 cm³/mol. The van der Waals surface area contributed by atoms with Gasteiger partial charge in [-0.3, -0.25) is 9.59 Å². The molecule has 1 saturated carbocycles. The lowest BCUT2D eigenvalue weighted by Gasteiger charge is -2.22. The largest absolute Gasteiger partial charge is 0.469 e. The molecule has 1 aliphatic carbocycles. The van der Waals surface area contributed by atoms with E-state index in [4.69, 9.17) is 4.74 Å². The van der Waals surface area contributed by atoms with Crippen molar-refractivity contribution in [2.45, 2.75) is 63.5 Å². The fraction of sp³-hybridized carbons (Fsp3) is 0.571. The molecule has 0 aliphatic heterocycles. The van der Waals surface area contributed by atoms with E-state index in [-0.39, 0.29) is 30.8 Å². The number of amides is 3. The van der Waals surface area contributed by atoms with Crippen LogP contribution in [0.15, 0.2) is 28.7 Å². The van der Waals surface area contributed by atoms with Gasteiger partial charge in [-0.15, -0.1) is 0 Å². The summed E-state index contributed by atoms with van der Waals surface area (Å²) in [7, 11) is 1.33. The van der Waals surface area contributed by atoms with Crippen LogP contribution in [0, 0.1) is 0 Å². The van der Waals surface area contributed by atoms with Crippen LogP contribution in [0.25, 0.3) is 0 Å². The van der Waals surface area contributed by atoms with Crippen LogP contribution in [0.1, 0.15) is 63.0 Å². The first-order chi connectivity index (χ1) is 14.0. The van der Waals surface area contributed by atoms with E-state index in [2.05, 4.69) is 31.9 Å². The summed E-state index contributed by atoms with van der Waals surface area (Å²) in [6.07, 6.45) is 6.47. The highest BCUT2D eigenvalue weighted by atomic mass is 79.9. The molecule has 3 N–H and O–H groups in total. The average Bonchev–Trinajstić information content (AvgIpc) is 2.71. The van der Waals surface area contributed by atoms with Crippen LogP contribution < -0.4 is 16.0 Å². The number of hydrogen-bond donors (Lipinski definition) is 3. The van der Waals surface area contributed by atoms with Crippen LogP contribution in [0.5, 0.6) is 0 Å². The smallest absolute Gasteiger partial charge is 0.315 e. The molecule has 3 amide bonds. The third-order valence-electron chi connectivity index (χ3n) is 4.99. The highest BCUT2D eigenvalue weighted by Gasteiger charge is 2.19. The van der Waals surface area contributed by atoms with Gasteiger partial charge >= 0.3 is 12.0 Å². The monoisotopic (exact) mass is 467 g/mol. The number of rotatable bonds is 9. The molecule has 0 spiro atoms. The van der Waals surface area contributed by atoms with Crippen molar-refractivity contribution in [2.24, 2.45) is 0 Å². The Balaban J connectivity index is 1.74. The number of methoxy groups -OCH3 is 1. The second-order valence-electron chi connectivity index (χ2n) is 7.29. The van der Waals surface area contributed by atoms with E-state index in [1.54, 1.807) is 0 Å². The maximum absolute atomic E-state index is 12.3. The zero-order chi connectivity index (χ0) is 21.1. The van der Waals surface area contributed by atoms with Crippen molar-refractivity contribution in [1.82, 2.24) is 16.0 Å². The molecule has 0 bridgehead atoms. The van der Waals surface area contributed by atoms with E-state index in [1.807, 2.05) is 24.3 Å². The van der Waals surface area contributed by atoms with Gasteiger partial charge in [-0.1, -0.05) is 47.3 Å². The molecule has 0 saturated heterocycles. The summed E-state index contributed by atoms with van der Waals surface area (Å²) in [5, 5.41) is 8.69. The van der Waals surface area contributed by atoms with Gasteiger partial charge in [-0.05, 0) is 37.0 Å². The highest BCUT2D eigenvalue weighted by molar-refractivity contribution is 9.10. The SMILES string of the molecule is COC(=O)CC(NC(=O)CCCNC(=O)NC1CCCCC1)c1cccc(Br)c1. The normalized spacial score (nSPS) is 15.2. The summed E-state index contributed by atoms with van der Waals surface area (Å²) in [4.78, 5) is 36.0. The second-order valence-corrected chi connectivity index (χ2v) is 8.21. The Hall–Kier alpha value is -2.09. The Labute approximate surface area is 180 Å². The van der Waals surface area contributed by atoms with Gasteiger partial charge in [0.2, 0.25) is 5.91 Å². The van der Waals surface area contributed by atoms with Crippen LogP contribution in [0.4, 0.5) is 4.79 Å². The molecule has 160 valence electrons. The van der Waals surface area contributed by atoms with Crippen molar-refractivity contribution in [3.8, 4) is 0 Å². The third-order valence-corrected chi connectivity index (χ3v) is 5.48. The number of hydrogen-bond acceptors (Lipinski definition) is 4. The highest BCUT2D eigenvalue weighted by Crippen LogP contribution is 2.21. The van der Waals surface area contributed by atoms with Crippen molar-refractivity contribution >= 4 is 33.8 Å². The molecule has 1 unspecified atom stereocenters. The molecule has 1 aliphatic rings. The van der Waals surface area contributed by atoms with Gasteiger partial charge < -0.3 is 20.7 Å². The zero-order valence-corrected chi connectivity index (χ0v) is 18.4. The molecule has 0 radical (unpaired) electrons. The topological polar surface area (TPSA) is 96.5 Å². The summed E-state index contributed by atoms with van der Waals surface area (Å²) in [6.45, 7) is 0.421. The summed E-state index contributed by atoms with van der Waals surface area (Å²) in [6, 6.07) is 7.08. The van der Waals surface area contributed by atoms with Crippen LogP contribution in [-0.4, -0.2) is 37.6 Å². The lowest BCUT2D eigenvalue weighted by atomic mass is 9.96. The van der Waals surface area contributed by atoms with Gasteiger partial charge in [0.05, 0.1) is 19.6 Å². The van der Waals surface area contributed by atoms with E-state index in [0.29, 0.717) is 13.0 Å². The minimum atomic E-state index is -0.463. The van der Waals surface area contributed by atoms with Crippen LogP contribution >= 0.6 is 15.9 Å². The Morgan fingerprint density at radius 3 is 2.66 bits per heavy atom. The molecule has 29 heavy (non-hydrogen) atoms. The molecule has 0 heterocycles. The van der Waals surface area contributed by atoms with Gasteiger partial charge in [0, 0.05) is 23.5 Å². The van der Waals surface area contributed by atoms with E-state index in [0.717, 1.165) is 35.7 Å². The van der Waals surface area contributed by atoms with Crippen LogP contribution in [-0.2, 0) is 14.3 Å². The van der Waals surface area contributed by atoms with Crippen molar-refractivity contribution in [2.75, 3.05) is 13.7 Å². The zero-order valence-electron chi connectivity index (χ0n) is 16.8. The average molecular weight is 468 g/mol. The number of halogens is 1. The molecular formula is C21H30BrN3O4. The number of carbonyl (C=O) groups is 3. The van der Waals surface area contributed by atoms with Crippen molar-refractivity contribution < 1.29 is 19.1 Å². The predicted octanol–water partition coefficient (Wildman–Crippen LogP) is 3.58. The molecule has 1 atom stereocenters. The van der Waals surface area contributed by atoms with E-state index >= 15 is 0 Å². The lowest BCUT2D eigenvalue weighted by Crippen LogP contribution is -2.43. The van der Waals surface area contributed by atoms with Gasteiger partial charge in [-0.2, -0.15) is 0 Å². The minimum absolute atomic E-state index is 0.0563. The van der Waals surface area contributed by atoms with Gasteiger partial charge in [0.1, 0.15) is 0 Å². The Morgan fingerprint density at radius 1 is 1.21 bits per heavy atom. The molecule has 1 fully saturated rings. The van der Waals surface area contributed by atoms with E-state index in [9.17, 15) is 14.4 Å². The number of esters is 1. The number of nitrogens with one attached hydrogen (secondary N) is 3. The molecule has 8 heteroatoms. The molecule has 0 aromatic heterocycles. The quantitative estimate of drug-likeness (QED) is 0.381. The van der Waals surface area contributed by atoms with Gasteiger partial charge in [0.25, 0.3) is 0 Å². The second kappa shape index (κ2) is 12.5. The van der Waals surface area contributed by atoms with Crippen molar-refractivity contribution in [3.63, 3.8) is 0 Å². The fourth-order valence-corrected chi connectivity index (χ4v) is 3.84. The van der Waals surface area contributed by atoms with Crippen LogP contribution in [0.2, 0.25) is 0 Å². The first-order valence-corrected chi connectivity index (χ1v) is 10.9. The summed E-state index contributed by atoms with van der Waals surface area (Å²) in [5.41, 5.74) is 0.822. The fourth-order valence-electron chi connectivity index (χ4n) is 3.43. The van der Waals surface area contributed by atoms with E-state index in [1.165, 1.54) is 13.5 Å². The van der Waals surface area contributed by atoms with Gasteiger partial charge in [0.15, 0.2) is 0 Å². The van der Waals surface area contributed by atoms with Gasteiger partial charge in [-0.25, -0.2) is 4.79 Å². The molecule has 1 aromatic carbocycles. The number of ether oxygens (including phenoxy) is 1. The molecule has 1 aromatic rings.